The molecular weight excluding hydrogens is 481 g/mol. The van der Waals surface area contributed by atoms with E-state index < -0.39 is 11.8 Å². The predicted octanol–water partition coefficient (Wildman–Crippen LogP) is 6.32. The van der Waals surface area contributed by atoms with Gasteiger partial charge in [-0.2, -0.15) is 5.10 Å². The Morgan fingerprint density at radius 3 is 2.42 bits per heavy atom. The largest absolute Gasteiger partial charge is 0.478 e. The fraction of sp³-hybridized carbons (Fsp3) is 0.0645. The number of carboxylic acids is 1. The Morgan fingerprint density at radius 2 is 1.68 bits per heavy atom. The van der Waals surface area contributed by atoms with Crippen molar-refractivity contribution in [2.24, 2.45) is 7.05 Å². The number of carbonyl (C=O) groups is 2. The zero-order valence-electron chi connectivity index (χ0n) is 20.6. The first-order valence-corrected chi connectivity index (χ1v) is 12.0. The Hall–Kier alpha value is -5.04. The van der Waals surface area contributed by atoms with Crippen molar-refractivity contribution in [1.29, 1.82) is 0 Å². The van der Waals surface area contributed by atoms with Gasteiger partial charge in [0.25, 0.3) is 5.91 Å². The molecule has 0 fully saturated rings. The van der Waals surface area contributed by atoms with Crippen LogP contribution in [0.2, 0.25) is 0 Å². The number of carboxylic acid groups (broad SMARTS) is 1. The molecule has 1 heterocycles. The molecule has 0 spiro atoms. The smallest absolute Gasteiger partial charge is 0.328 e. The lowest BCUT2D eigenvalue weighted by Crippen LogP contribution is -2.30. The molecule has 4 aromatic carbocycles. The van der Waals surface area contributed by atoms with Crippen LogP contribution in [0.5, 0.6) is 0 Å². The maximum Gasteiger partial charge on any atom is 0.328 e. The molecule has 5 aromatic rings. The van der Waals surface area contributed by atoms with Crippen LogP contribution < -0.4 is 4.90 Å². The molecule has 0 saturated carbocycles. The molecule has 1 aromatic heterocycles. The normalized spacial score (nSPS) is 11.2. The molecule has 0 aliphatic rings. The van der Waals surface area contributed by atoms with Gasteiger partial charge in [-0.1, -0.05) is 48.5 Å². The lowest BCUT2D eigenvalue weighted by molar-refractivity contribution is -0.131. The number of anilines is 1. The molecular formula is C31H24FN3O3. The summed E-state index contributed by atoms with van der Waals surface area (Å²) < 4.78 is 16.4. The van der Waals surface area contributed by atoms with Crippen molar-refractivity contribution in [2.45, 2.75) is 6.54 Å². The molecule has 5 rings (SSSR count). The van der Waals surface area contributed by atoms with Gasteiger partial charge >= 0.3 is 5.97 Å². The Bertz CT molecular complexity index is 1660. The molecule has 6 nitrogen and oxygen atoms in total. The summed E-state index contributed by atoms with van der Waals surface area (Å²) in [7, 11) is 1.91. The molecule has 1 N–H and O–H groups in total. The molecule has 0 aliphatic heterocycles. The van der Waals surface area contributed by atoms with Crippen LogP contribution in [-0.4, -0.2) is 26.8 Å². The first kappa shape index (κ1) is 24.6. The summed E-state index contributed by atoms with van der Waals surface area (Å²) in [5.41, 5.74) is 5.10. The molecule has 0 atom stereocenters. The predicted molar refractivity (Wildman–Crippen MR) is 146 cm³/mol. The third-order valence-electron chi connectivity index (χ3n) is 6.27. The number of carbonyl (C=O) groups excluding carboxylic acids is 1. The fourth-order valence-electron chi connectivity index (χ4n) is 4.36. The summed E-state index contributed by atoms with van der Waals surface area (Å²) in [4.78, 5) is 26.0. The van der Waals surface area contributed by atoms with Crippen molar-refractivity contribution in [3.8, 4) is 11.1 Å². The number of hydrogen-bond donors (Lipinski definition) is 1. The van der Waals surface area contributed by atoms with Gasteiger partial charge in [0, 0.05) is 29.8 Å². The maximum absolute atomic E-state index is 14.5. The van der Waals surface area contributed by atoms with Crippen LogP contribution in [0.3, 0.4) is 0 Å². The lowest BCUT2D eigenvalue weighted by atomic mass is 10.0. The third-order valence-corrected chi connectivity index (χ3v) is 6.27. The Kier molecular flexibility index (Phi) is 6.82. The van der Waals surface area contributed by atoms with E-state index in [1.807, 2.05) is 60.4 Å². The Balaban J connectivity index is 1.47. The maximum atomic E-state index is 14.5. The highest BCUT2D eigenvalue weighted by atomic mass is 19.1. The number of aryl methyl sites for hydroxylation is 1. The first-order chi connectivity index (χ1) is 18.4. The molecule has 0 unspecified atom stereocenters. The highest BCUT2D eigenvalue weighted by molar-refractivity contribution is 6.06. The molecule has 7 heteroatoms. The highest BCUT2D eigenvalue weighted by Crippen LogP contribution is 2.27. The Morgan fingerprint density at radius 1 is 0.947 bits per heavy atom. The van der Waals surface area contributed by atoms with Crippen LogP contribution in [0.4, 0.5) is 10.1 Å². The molecule has 188 valence electrons. The van der Waals surface area contributed by atoms with Gasteiger partial charge < -0.3 is 10.0 Å². The summed E-state index contributed by atoms with van der Waals surface area (Å²) >= 11 is 0. The minimum Gasteiger partial charge on any atom is -0.478 e. The van der Waals surface area contributed by atoms with Crippen LogP contribution >= 0.6 is 0 Å². The average molecular weight is 506 g/mol. The summed E-state index contributed by atoms with van der Waals surface area (Å²) in [6.45, 7) is 0.196. The SMILES string of the molecule is Cn1ncc2cc(-c3ccc(CN(C(=O)c4ccccc4)c4cc(F)cc(C=CC(=O)O)c4)cc3)ccc21. The molecule has 1 amide bonds. The topological polar surface area (TPSA) is 75.4 Å². The van der Waals surface area contributed by atoms with Crippen molar-refractivity contribution >= 4 is 34.5 Å². The van der Waals surface area contributed by atoms with Gasteiger partial charge in [0.2, 0.25) is 0 Å². The average Bonchev–Trinajstić information content (AvgIpc) is 3.30. The van der Waals surface area contributed by atoms with Gasteiger partial charge in [-0.3, -0.25) is 9.48 Å². The van der Waals surface area contributed by atoms with E-state index in [1.165, 1.54) is 23.1 Å². The molecule has 0 aliphatic carbocycles. The van der Waals surface area contributed by atoms with Gasteiger partial charge in [0.1, 0.15) is 5.82 Å². The second-order valence-corrected chi connectivity index (χ2v) is 8.91. The minimum absolute atomic E-state index is 0.196. The first-order valence-electron chi connectivity index (χ1n) is 12.0. The van der Waals surface area contributed by atoms with Gasteiger partial charge in [-0.15, -0.1) is 0 Å². The number of nitrogens with zero attached hydrogens (tertiary/aromatic N) is 3. The van der Waals surface area contributed by atoms with Crippen LogP contribution in [-0.2, 0) is 18.4 Å². The van der Waals surface area contributed by atoms with Crippen molar-refractivity contribution in [1.82, 2.24) is 9.78 Å². The number of aliphatic carboxylic acids is 1. The molecule has 38 heavy (non-hydrogen) atoms. The fourth-order valence-corrected chi connectivity index (χ4v) is 4.36. The van der Waals surface area contributed by atoms with Gasteiger partial charge in [0.05, 0.1) is 18.3 Å². The number of amides is 1. The number of halogens is 1. The van der Waals surface area contributed by atoms with Crippen LogP contribution in [0.25, 0.3) is 28.1 Å². The van der Waals surface area contributed by atoms with E-state index in [0.29, 0.717) is 16.8 Å². The standard InChI is InChI=1S/C31H24FN3O3/c1-34-29-13-12-25(17-26(29)19-33-34)23-10-7-21(8-11-23)20-35(31(38)24-5-3-2-4-6-24)28-16-22(9-14-30(36)37)15-27(32)18-28/h2-19H,20H2,1H3,(H,36,37). The van der Waals surface area contributed by atoms with Crippen molar-refractivity contribution < 1.29 is 19.1 Å². The summed E-state index contributed by atoms with van der Waals surface area (Å²) in [6, 6.07) is 26.9. The second kappa shape index (κ2) is 10.5. The second-order valence-electron chi connectivity index (χ2n) is 8.91. The highest BCUT2D eigenvalue weighted by Gasteiger charge is 2.19. The van der Waals surface area contributed by atoms with E-state index >= 15 is 0 Å². The van der Waals surface area contributed by atoms with Gasteiger partial charge in [0.15, 0.2) is 0 Å². The van der Waals surface area contributed by atoms with E-state index in [4.69, 9.17) is 5.11 Å². The van der Waals surface area contributed by atoms with Crippen LogP contribution in [0, 0.1) is 5.82 Å². The summed E-state index contributed by atoms with van der Waals surface area (Å²) in [5, 5.41) is 14.3. The number of benzene rings is 4. The van der Waals surface area contributed by atoms with E-state index in [0.717, 1.165) is 33.7 Å². The zero-order chi connectivity index (χ0) is 26.6. The van der Waals surface area contributed by atoms with E-state index in [2.05, 4.69) is 11.2 Å². The zero-order valence-corrected chi connectivity index (χ0v) is 20.6. The van der Waals surface area contributed by atoms with E-state index in [-0.39, 0.29) is 12.5 Å². The molecule has 0 bridgehead atoms. The summed E-state index contributed by atoms with van der Waals surface area (Å²) in [5.74, 6) is -2.01. The Labute approximate surface area is 218 Å². The van der Waals surface area contributed by atoms with Crippen LogP contribution in [0.1, 0.15) is 21.5 Å². The quantitative estimate of drug-likeness (QED) is 0.263. The van der Waals surface area contributed by atoms with Crippen molar-refractivity contribution in [3.05, 3.63) is 126 Å². The number of aromatic nitrogens is 2. The van der Waals surface area contributed by atoms with Gasteiger partial charge in [-0.25, -0.2) is 9.18 Å². The number of fused-ring (bicyclic) bond motifs is 1. The van der Waals surface area contributed by atoms with Crippen molar-refractivity contribution in [3.63, 3.8) is 0 Å². The molecule has 0 saturated heterocycles. The van der Waals surface area contributed by atoms with Crippen molar-refractivity contribution in [2.75, 3.05) is 4.90 Å². The monoisotopic (exact) mass is 505 g/mol. The third kappa shape index (κ3) is 5.37. The number of rotatable bonds is 7. The van der Waals surface area contributed by atoms with Gasteiger partial charge in [-0.05, 0) is 70.8 Å². The van der Waals surface area contributed by atoms with Crippen LogP contribution in [0.15, 0.2) is 103 Å². The van der Waals surface area contributed by atoms with E-state index in [9.17, 15) is 14.0 Å². The molecule has 0 radical (unpaired) electrons. The van der Waals surface area contributed by atoms with E-state index in [1.54, 1.807) is 30.3 Å². The number of hydrogen-bond acceptors (Lipinski definition) is 3. The minimum atomic E-state index is -1.14. The summed E-state index contributed by atoms with van der Waals surface area (Å²) in [6.07, 6.45) is 4.07. The lowest BCUT2D eigenvalue weighted by Gasteiger charge is -2.24.